The van der Waals surface area contributed by atoms with E-state index in [4.69, 9.17) is 14.9 Å². The fourth-order valence-corrected chi connectivity index (χ4v) is 4.27. The number of pyridine rings is 1. The molecule has 0 bridgehead atoms. The van der Waals surface area contributed by atoms with Crippen molar-refractivity contribution < 1.29 is 4.74 Å². The molecule has 4 N–H and O–H groups in total. The molecular formula is C22H25N5OS2. The second kappa shape index (κ2) is 9.61. The minimum atomic E-state index is 0.0773. The number of hydrogen-bond acceptors (Lipinski definition) is 8. The van der Waals surface area contributed by atoms with Crippen molar-refractivity contribution in [3.63, 3.8) is 0 Å². The predicted molar refractivity (Wildman–Crippen MR) is 126 cm³/mol. The first kappa shape index (κ1) is 20.9. The number of aromatic nitrogens is 2. The standard InChI is InChI=1S/C22H25N5OS2/c1-14(2)28-21-6-4-17(30-23)11-19(21)26-22-27-20(13-29-22)16-3-5-18(25-12-16)15-7-9-24-10-8-15/h3-7,11-14,24H,8-10,23H2,1-2H3,(H,26,27). The lowest BCUT2D eigenvalue weighted by Gasteiger charge is -2.15. The largest absolute Gasteiger partial charge is 0.489 e. The summed E-state index contributed by atoms with van der Waals surface area (Å²) in [6.07, 6.45) is 5.20. The molecule has 2 aromatic heterocycles. The van der Waals surface area contributed by atoms with Gasteiger partial charge < -0.3 is 15.4 Å². The number of hydrogen-bond donors (Lipinski definition) is 3. The van der Waals surface area contributed by atoms with Crippen LogP contribution in [0.25, 0.3) is 16.8 Å². The Hall–Kier alpha value is -2.39. The summed E-state index contributed by atoms with van der Waals surface area (Å²) in [5.41, 5.74) is 5.10. The van der Waals surface area contributed by atoms with Gasteiger partial charge in [-0.2, -0.15) is 0 Å². The third-order valence-corrected chi connectivity index (χ3v) is 5.93. The average Bonchev–Trinajstić information content (AvgIpc) is 3.24. The van der Waals surface area contributed by atoms with Gasteiger partial charge in [-0.1, -0.05) is 6.08 Å². The van der Waals surface area contributed by atoms with Crippen LogP contribution in [0.5, 0.6) is 5.75 Å². The molecule has 8 heteroatoms. The van der Waals surface area contributed by atoms with E-state index in [1.807, 2.05) is 43.6 Å². The molecule has 3 aromatic rings. The predicted octanol–water partition coefficient (Wildman–Crippen LogP) is 5.08. The van der Waals surface area contributed by atoms with Crippen LogP contribution in [-0.2, 0) is 0 Å². The van der Waals surface area contributed by atoms with E-state index in [0.29, 0.717) is 0 Å². The number of benzene rings is 1. The second-order valence-corrected chi connectivity index (χ2v) is 8.79. The Balaban J connectivity index is 1.53. The van der Waals surface area contributed by atoms with E-state index in [2.05, 4.69) is 33.8 Å². The summed E-state index contributed by atoms with van der Waals surface area (Å²) in [7, 11) is 0. The molecule has 6 nitrogen and oxygen atoms in total. The molecule has 0 aliphatic carbocycles. The van der Waals surface area contributed by atoms with Crippen LogP contribution in [0.1, 0.15) is 26.0 Å². The maximum atomic E-state index is 5.92. The Morgan fingerprint density at radius 1 is 1.23 bits per heavy atom. The number of nitrogens with zero attached hydrogens (tertiary/aromatic N) is 2. The van der Waals surface area contributed by atoms with E-state index in [0.717, 1.165) is 57.9 Å². The minimum Gasteiger partial charge on any atom is -0.489 e. The number of thiazole rings is 1. The first-order valence-electron chi connectivity index (χ1n) is 9.89. The molecule has 3 heterocycles. The summed E-state index contributed by atoms with van der Waals surface area (Å²) in [4.78, 5) is 10.4. The number of anilines is 2. The van der Waals surface area contributed by atoms with Crippen LogP contribution in [0.2, 0.25) is 0 Å². The van der Waals surface area contributed by atoms with Crippen LogP contribution in [0.15, 0.2) is 52.9 Å². The van der Waals surface area contributed by atoms with Gasteiger partial charge in [0.15, 0.2) is 5.13 Å². The molecule has 0 amide bonds. The summed E-state index contributed by atoms with van der Waals surface area (Å²) in [5, 5.41) is 15.3. The van der Waals surface area contributed by atoms with Gasteiger partial charge in [-0.15, -0.1) is 11.3 Å². The highest BCUT2D eigenvalue weighted by molar-refractivity contribution is 7.97. The van der Waals surface area contributed by atoms with Gasteiger partial charge in [-0.25, -0.2) is 4.98 Å². The third-order valence-electron chi connectivity index (χ3n) is 4.65. The lowest BCUT2D eigenvalue weighted by atomic mass is 10.0. The van der Waals surface area contributed by atoms with Crippen LogP contribution in [0.3, 0.4) is 0 Å². The molecule has 0 radical (unpaired) electrons. The summed E-state index contributed by atoms with van der Waals surface area (Å²) in [6.45, 7) is 5.93. The molecule has 0 unspecified atom stereocenters. The van der Waals surface area contributed by atoms with Crippen LogP contribution in [0, 0.1) is 0 Å². The lowest BCUT2D eigenvalue weighted by molar-refractivity contribution is 0.243. The van der Waals surface area contributed by atoms with Crippen molar-refractivity contribution in [2.24, 2.45) is 5.14 Å². The zero-order valence-corrected chi connectivity index (χ0v) is 18.6. The fourth-order valence-electron chi connectivity index (χ4n) is 3.21. The number of rotatable bonds is 7. The number of ether oxygens (including phenoxy) is 1. The van der Waals surface area contributed by atoms with Gasteiger partial charge in [0.25, 0.3) is 0 Å². The monoisotopic (exact) mass is 439 g/mol. The quantitative estimate of drug-likeness (QED) is 0.443. The molecule has 0 spiro atoms. The van der Waals surface area contributed by atoms with Crippen LogP contribution in [0.4, 0.5) is 10.8 Å². The van der Waals surface area contributed by atoms with Gasteiger partial charge in [-0.3, -0.25) is 10.1 Å². The summed E-state index contributed by atoms with van der Waals surface area (Å²) >= 11 is 2.76. The van der Waals surface area contributed by atoms with Crippen LogP contribution in [-0.4, -0.2) is 29.2 Å². The molecule has 0 saturated heterocycles. The Bertz CT molecular complexity index is 1030. The van der Waals surface area contributed by atoms with E-state index in [-0.39, 0.29) is 6.10 Å². The second-order valence-electron chi connectivity index (χ2n) is 7.22. The molecule has 1 aromatic carbocycles. The zero-order chi connectivity index (χ0) is 20.9. The van der Waals surface area contributed by atoms with Crippen molar-refractivity contribution in [1.82, 2.24) is 15.3 Å². The van der Waals surface area contributed by atoms with E-state index in [9.17, 15) is 0 Å². The van der Waals surface area contributed by atoms with Crippen LogP contribution >= 0.6 is 23.3 Å². The topological polar surface area (TPSA) is 85.1 Å². The van der Waals surface area contributed by atoms with Crippen molar-refractivity contribution in [2.45, 2.75) is 31.3 Å². The summed E-state index contributed by atoms with van der Waals surface area (Å²) in [6, 6.07) is 10.0. The fraction of sp³-hybridized carbons (Fsp3) is 0.273. The Labute approximate surface area is 185 Å². The normalized spacial score (nSPS) is 13.9. The molecule has 30 heavy (non-hydrogen) atoms. The van der Waals surface area contributed by atoms with E-state index in [1.54, 1.807) is 11.3 Å². The number of nitrogens with one attached hydrogen (secondary N) is 2. The van der Waals surface area contributed by atoms with Crippen molar-refractivity contribution >= 4 is 39.7 Å². The highest BCUT2D eigenvalue weighted by Crippen LogP contribution is 2.34. The first-order chi connectivity index (χ1) is 14.6. The van der Waals surface area contributed by atoms with E-state index < -0.39 is 0 Å². The molecule has 0 atom stereocenters. The van der Waals surface area contributed by atoms with Gasteiger partial charge in [-0.05, 0) is 74.7 Å². The van der Waals surface area contributed by atoms with Gasteiger partial charge in [0.05, 0.1) is 23.2 Å². The van der Waals surface area contributed by atoms with E-state index >= 15 is 0 Å². The lowest BCUT2D eigenvalue weighted by Crippen LogP contribution is -2.20. The average molecular weight is 440 g/mol. The maximum absolute atomic E-state index is 5.92. The van der Waals surface area contributed by atoms with E-state index in [1.165, 1.54) is 17.5 Å². The highest BCUT2D eigenvalue weighted by atomic mass is 32.2. The van der Waals surface area contributed by atoms with Crippen LogP contribution < -0.4 is 20.5 Å². The molecule has 0 saturated carbocycles. The molecule has 0 fully saturated rings. The Morgan fingerprint density at radius 2 is 2.13 bits per heavy atom. The molecular weight excluding hydrogens is 414 g/mol. The van der Waals surface area contributed by atoms with Gasteiger partial charge in [0, 0.05) is 28.6 Å². The zero-order valence-electron chi connectivity index (χ0n) is 17.0. The highest BCUT2D eigenvalue weighted by Gasteiger charge is 2.12. The minimum absolute atomic E-state index is 0.0773. The van der Waals surface area contributed by atoms with Gasteiger partial charge in [0.1, 0.15) is 5.75 Å². The van der Waals surface area contributed by atoms with Gasteiger partial charge >= 0.3 is 0 Å². The molecule has 1 aliphatic heterocycles. The van der Waals surface area contributed by atoms with Crippen molar-refractivity contribution in [3.05, 3.63) is 53.7 Å². The Morgan fingerprint density at radius 3 is 2.83 bits per heavy atom. The first-order valence-corrected chi connectivity index (χ1v) is 11.6. The molecule has 4 rings (SSSR count). The number of nitrogens with two attached hydrogens (primary N) is 1. The Kier molecular flexibility index (Phi) is 6.69. The van der Waals surface area contributed by atoms with Crippen molar-refractivity contribution in [1.29, 1.82) is 0 Å². The third kappa shape index (κ3) is 5.02. The smallest absolute Gasteiger partial charge is 0.187 e. The van der Waals surface area contributed by atoms with Crippen molar-refractivity contribution in [3.8, 4) is 17.0 Å². The van der Waals surface area contributed by atoms with Gasteiger partial charge in [0.2, 0.25) is 0 Å². The SMILES string of the molecule is CC(C)Oc1ccc(SN)cc1Nc1nc(-c2ccc(C3=CCNCC3)nc2)cs1. The summed E-state index contributed by atoms with van der Waals surface area (Å²) < 4.78 is 5.92. The summed E-state index contributed by atoms with van der Waals surface area (Å²) in [5.74, 6) is 0.779. The van der Waals surface area contributed by atoms with Crippen molar-refractivity contribution in [2.75, 3.05) is 18.4 Å². The molecule has 156 valence electrons. The maximum Gasteiger partial charge on any atom is 0.187 e. The molecule has 1 aliphatic rings.